The molecular weight excluding hydrogens is 476 g/mol. The molecule has 1 aliphatic heterocycles. The smallest absolute Gasteiger partial charge is 0.338 e. The lowest BCUT2D eigenvalue weighted by Gasteiger charge is -2.24. The lowest BCUT2D eigenvalue weighted by molar-refractivity contribution is -0.124. The van der Waals surface area contributed by atoms with Crippen LogP contribution in [0.25, 0.3) is 0 Å². The second kappa shape index (κ2) is 9.87. The summed E-state index contributed by atoms with van der Waals surface area (Å²) < 4.78 is 33.3. The molecule has 1 N–H and O–H groups in total. The van der Waals surface area contributed by atoms with Crippen LogP contribution in [0.2, 0.25) is 5.02 Å². The van der Waals surface area contributed by atoms with Crippen molar-refractivity contribution in [1.29, 1.82) is 0 Å². The fraction of sp³-hybridized carbons (Fsp3) is 0.200. The summed E-state index contributed by atoms with van der Waals surface area (Å²) in [5, 5.41) is 3.15. The van der Waals surface area contributed by atoms with Gasteiger partial charge in [0.25, 0.3) is 15.9 Å². The molecule has 0 aliphatic carbocycles. The molecule has 9 heteroatoms. The fourth-order valence-electron chi connectivity index (χ4n) is 3.90. The standard InChI is InChI=1S/C25H23ClN2O5S/c1-17-13-18-7-3-5-12-23(18)28(17)34(31,32)21-10-6-9-19(14-21)25(30)33-16-24(29)27-15-20-8-2-4-11-22(20)26/h2-12,14,17H,13,15-16H2,1H3,(H,27,29). The van der Waals surface area contributed by atoms with Gasteiger partial charge in [-0.25, -0.2) is 13.2 Å². The van der Waals surface area contributed by atoms with Gasteiger partial charge in [0, 0.05) is 17.6 Å². The zero-order valence-electron chi connectivity index (χ0n) is 18.4. The number of carbonyl (C=O) groups excluding carboxylic acids is 2. The lowest BCUT2D eigenvalue weighted by atomic mass is 10.1. The molecule has 34 heavy (non-hydrogen) atoms. The van der Waals surface area contributed by atoms with E-state index < -0.39 is 28.5 Å². The molecule has 0 aromatic heterocycles. The van der Waals surface area contributed by atoms with Gasteiger partial charge in [-0.3, -0.25) is 9.10 Å². The maximum Gasteiger partial charge on any atom is 0.338 e. The molecule has 3 aromatic carbocycles. The van der Waals surface area contributed by atoms with Crippen molar-refractivity contribution < 1.29 is 22.7 Å². The van der Waals surface area contributed by atoms with Gasteiger partial charge in [-0.05, 0) is 54.8 Å². The third kappa shape index (κ3) is 4.93. The van der Waals surface area contributed by atoms with Crippen LogP contribution in [0.4, 0.5) is 5.69 Å². The molecule has 1 heterocycles. The lowest BCUT2D eigenvalue weighted by Crippen LogP contribution is -2.35. The number of hydrogen-bond donors (Lipinski definition) is 1. The summed E-state index contributed by atoms with van der Waals surface area (Å²) in [7, 11) is -3.90. The minimum Gasteiger partial charge on any atom is -0.452 e. The number of halogens is 1. The van der Waals surface area contributed by atoms with E-state index in [-0.39, 0.29) is 23.0 Å². The van der Waals surface area contributed by atoms with Crippen LogP contribution in [0.3, 0.4) is 0 Å². The fourth-order valence-corrected chi connectivity index (χ4v) is 5.84. The number of para-hydroxylation sites is 1. The van der Waals surface area contributed by atoms with Crippen LogP contribution < -0.4 is 9.62 Å². The van der Waals surface area contributed by atoms with Gasteiger partial charge < -0.3 is 10.1 Å². The molecule has 0 saturated heterocycles. The van der Waals surface area contributed by atoms with Crippen molar-refractivity contribution in [3.8, 4) is 0 Å². The van der Waals surface area contributed by atoms with E-state index in [9.17, 15) is 18.0 Å². The van der Waals surface area contributed by atoms with Crippen LogP contribution >= 0.6 is 11.6 Å². The molecule has 1 amide bonds. The first-order valence-corrected chi connectivity index (χ1v) is 12.5. The average Bonchev–Trinajstić information content (AvgIpc) is 3.18. The maximum absolute atomic E-state index is 13.4. The summed E-state index contributed by atoms with van der Waals surface area (Å²) in [4.78, 5) is 24.6. The Morgan fingerprint density at radius 3 is 2.59 bits per heavy atom. The number of ether oxygens (including phenoxy) is 1. The minimum absolute atomic E-state index is 0.0197. The van der Waals surface area contributed by atoms with Crippen molar-refractivity contribution in [3.05, 3.63) is 94.5 Å². The number of anilines is 1. The molecule has 1 aliphatic rings. The van der Waals surface area contributed by atoms with Gasteiger partial charge in [-0.15, -0.1) is 0 Å². The third-order valence-corrected chi connectivity index (χ3v) is 7.83. The van der Waals surface area contributed by atoms with Crippen molar-refractivity contribution in [2.24, 2.45) is 0 Å². The van der Waals surface area contributed by atoms with Crippen molar-refractivity contribution in [2.75, 3.05) is 10.9 Å². The topological polar surface area (TPSA) is 92.8 Å². The van der Waals surface area contributed by atoms with Gasteiger partial charge >= 0.3 is 5.97 Å². The molecule has 0 fully saturated rings. The van der Waals surface area contributed by atoms with Gasteiger partial charge in [-0.2, -0.15) is 0 Å². The van der Waals surface area contributed by atoms with Crippen molar-refractivity contribution >= 4 is 39.2 Å². The van der Waals surface area contributed by atoms with Gasteiger partial charge in [0.2, 0.25) is 0 Å². The monoisotopic (exact) mass is 498 g/mol. The number of fused-ring (bicyclic) bond motifs is 1. The molecule has 1 atom stereocenters. The number of hydrogen-bond acceptors (Lipinski definition) is 5. The SMILES string of the molecule is CC1Cc2ccccc2N1S(=O)(=O)c1cccc(C(=O)OCC(=O)NCc2ccccc2Cl)c1. The largest absolute Gasteiger partial charge is 0.452 e. The number of carbonyl (C=O) groups is 2. The number of nitrogens with zero attached hydrogens (tertiary/aromatic N) is 1. The Kier molecular flexibility index (Phi) is 6.90. The number of benzene rings is 3. The number of sulfonamides is 1. The molecule has 4 rings (SSSR count). The highest BCUT2D eigenvalue weighted by molar-refractivity contribution is 7.92. The first-order valence-electron chi connectivity index (χ1n) is 10.7. The van der Waals surface area contributed by atoms with Gasteiger partial charge in [0.15, 0.2) is 6.61 Å². The number of amides is 1. The Labute approximate surface area is 203 Å². The number of rotatable bonds is 7. The molecule has 0 radical (unpaired) electrons. The molecule has 176 valence electrons. The molecule has 0 bridgehead atoms. The first kappa shape index (κ1) is 23.8. The first-order chi connectivity index (χ1) is 16.3. The van der Waals surface area contributed by atoms with Gasteiger partial charge in [0.05, 0.1) is 16.1 Å². The Balaban J connectivity index is 1.42. The molecule has 0 saturated carbocycles. The molecule has 7 nitrogen and oxygen atoms in total. The second-order valence-corrected chi connectivity index (χ2v) is 10.2. The summed E-state index contributed by atoms with van der Waals surface area (Å²) in [5.41, 5.74) is 2.37. The van der Waals surface area contributed by atoms with E-state index in [0.717, 1.165) is 11.1 Å². The maximum atomic E-state index is 13.4. The summed E-state index contributed by atoms with van der Waals surface area (Å²) in [5.74, 6) is -1.29. The predicted octanol–water partition coefficient (Wildman–Crippen LogP) is 3.95. The van der Waals surface area contributed by atoms with Crippen LogP contribution in [-0.4, -0.2) is 32.9 Å². The number of nitrogens with one attached hydrogen (secondary N) is 1. The van der Waals surface area contributed by atoms with Crippen molar-refractivity contribution in [1.82, 2.24) is 5.32 Å². The van der Waals surface area contributed by atoms with Crippen molar-refractivity contribution in [3.63, 3.8) is 0 Å². The Morgan fingerprint density at radius 2 is 1.79 bits per heavy atom. The van der Waals surface area contributed by atoms with E-state index in [1.54, 1.807) is 36.4 Å². The third-order valence-electron chi connectivity index (χ3n) is 5.54. The summed E-state index contributed by atoms with van der Waals surface area (Å²) in [6.45, 7) is 1.53. The zero-order chi connectivity index (χ0) is 24.3. The predicted molar refractivity (Wildman–Crippen MR) is 129 cm³/mol. The van der Waals surface area contributed by atoms with Gasteiger partial charge in [0.1, 0.15) is 0 Å². The molecule has 1 unspecified atom stereocenters. The summed E-state index contributed by atoms with van der Waals surface area (Å²) >= 11 is 6.06. The second-order valence-electron chi connectivity index (χ2n) is 7.95. The van der Waals surface area contributed by atoms with E-state index in [1.165, 1.54) is 28.6 Å². The van der Waals surface area contributed by atoms with E-state index in [4.69, 9.17) is 16.3 Å². The normalized spacial score (nSPS) is 15.0. The summed E-state index contributed by atoms with van der Waals surface area (Å²) in [6, 6.07) is 19.8. The van der Waals surface area contributed by atoms with Crippen LogP contribution in [0.1, 0.15) is 28.4 Å². The van der Waals surface area contributed by atoms with E-state index >= 15 is 0 Å². The van der Waals surface area contributed by atoms with E-state index in [1.807, 2.05) is 19.1 Å². The van der Waals surface area contributed by atoms with Crippen LogP contribution in [-0.2, 0) is 32.5 Å². The van der Waals surface area contributed by atoms with Crippen molar-refractivity contribution in [2.45, 2.75) is 30.8 Å². The average molecular weight is 499 g/mol. The Bertz CT molecular complexity index is 1340. The highest BCUT2D eigenvalue weighted by Gasteiger charge is 2.36. The molecule has 3 aromatic rings. The van der Waals surface area contributed by atoms with Gasteiger partial charge in [-0.1, -0.05) is 54.1 Å². The Hall–Kier alpha value is -3.36. The minimum atomic E-state index is -3.90. The highest BCUT2D eigenvalue weighted by atomic mass is 35.5. The van der Waals surface area contributed by atoms with E-state index in [0.29, 0.717) is 17.1 Å². The Morgan fingerprint density at radius 1 is 1.06 bits per heavy atom. The number of esters is 1. The summed E-state index contributed by atoms with van der Waals surface area (Å²) in [6.07, 6.45) is 0.612. The quantitative estimate of drug-likeness (QED) is 0.498. The van der Waals surface area contributed by atoms with Crippen LogP contribution in [0, 0.1) is 0 Å². The molecule has 0 spiro atoms. The zero-order valence-corrected chi connectivity index (χ0v) is 20.0. The van der Waals surface area contributed by atoms with Crippen LogP contribution in [0.15, 0.2) is 77.7 Å². The molecular formula is C25H23ClN2O5S. The highest BCUT2D eigenvalue weighted by Crippen LogP contribution is 2.36. The van der Waals surface area contributed by atoms with Crippen LogP contribution in [0.5, 0.6) is 0 Å². The van der Waals surface area contributed by atoms with E-state index in [2.05, 4.69) is 5.32 Å².